The molecule has 0 aromatic heterocycles. The average Bonchev–Trinajstić information content (AvgIpc) is 2.67. The van der Waals surface area contributed by atoms with Crippen LogP contribution in [0.5, 0.6) is 0 Å². The molecule has 1 aromatic carbocycles. The van der Waals surface area contributed by atoms with Crippen molar-refractivity contribution in [3.8, 4) is 12.1 Å². The van der Waals surface area contributed by atoms with Gasteiger partial charge in [-0.15, -0.1) is 0 Å². The summed E-state index contributed by atoms with van der Waals surface area (Å²) in [4.78, 5) is 12.4. The predicted octanol–water partition coefficient (Wildman–Crippen LogP) is 3.72. The first-order valence-corrected chi connectivity index (χ1v) is 9.74. The van der Waals surface area contributed by atoms with Gasteiger partial charge in [0, 0.05) is 11.0 Å². The molecule has 1 aromatic rings. The standard InChI is InChI=1S/C20H19FN4OS/c21-14-6-4-13(5-7-14)17(26)12-27-19-16(11-23)20(8-2-1-3-9-20)15(10-22)18(24)25-19/h4-7,25H,1-3,8-9,12,24H2. The van der Waals surface area contributed by atoms with Gasteiger partial charge in [-0.1, -0.05) is 31.0 Å². The van der Waals surface area contributed by atoms with Gasteiger partial charge in [0.05, 0.1) is 34.1 Å². The molecule has 2 aliphatic rings. The SMILES string of the molecule is N#CC1=C(N)NC(SCC(=O)c2ccc(F)cc2)=C(C#N)C12CCCCC2. The number of halogens is 1. The third-order valence-electron chi connectivity index (χ3n) is 5.15. The molecule has 0 atom stereocenters. The molecule has 3 rings (SSSR count). The minimum Gasteiger partial charge on any atom is -0.384 e. The van der Waals surface area contributed by atoms with Gasteiger partial charge in [0.2, 0.25) is 0 Å². The van der Waals surface area contributed by atoms with Crippen molar-refractivity contribution in [1.82, 2.24) is 5.32 Å². The van der Waals surface area contributed by atoms with Gasteiger partial charge in [-0.25, -0.2) is 4.39 Å². The predicted molar refractivity (Wildman–Crippen MR) is 101 cm³/mol. The maximum absolute atomic E-state index is 13.0. The van der Waals surface area contributed by atoms with E-state index in [1.165, 1.54) is 36.0 Å². The van der Waals surface area contributed by atoms with E-state index in [1.54, 1.807) is 0 Å². The van der Waals surface area contributed by atoms with Crippen molar-refractivity contribution in [3.05, 3.63) is 57.6 Å². The zero-order valence-electron chi connectivity index (χ0n) is 14.7. The van der Waals surface area contributed by atoms with Crippen LogP contribution in [0.1, 0.15) is 42.5 Å². The Labute approximate surface area is 161 Å². The van der Waals surface area contributed by atoms with Crippen molar-refractivity contribution in [1.29, 1.82) is 10.5 Å². The van der Waals surface area contributed by atoms with Gasteiger partial charge in [0.15, 0.2) is 5.78 Å². The molecule has 27 heavy (non-hydrogen) atoms. The Bertz CT molecular complexity index is 899. The molecule has 1 aliphatic carbocycles. The molecule has 1 heterocycles. The molecule has 7 heteroatoms. The summed E-state index contributed by atoms with van der Waals surface area (Å²) in [6.07, 6.45) is 4.33. The lowest BCUT2D eigenvalue weighted by atomic mass is 9.64. The Morgan fingerprint density at radius 1 is 1.15 bits per heavy atom. The monoisotopic (exact) mass is 382 g/mol. The van der Waals surface area contributed by atoms with Crippen LogP contribution in [0.4, 0.5) is 4.39 Å². The molecule has 0 unspecified atom stereocenters. The summed E-state index contributed by atoms with van der Waals surface area (Å²) in [6.45, 7) is 0. The van der Waals surface area contributed by atoms with Gasteiger partial charge in [0.25, 0.3) is 0 Å². The number of rotatable bonds is 4. The number of nitrogens with one attached hydrogen (secondary N) is 1. The molecule has 1 saturated carbocycles. The molecule has 5 nitrogen and oxygen atoms in total. The fourth-order valence-electron chi connectivity index (χ4n) is 3.79. The number of hydrogen-bond acceptors (Lipinski definition) is 6. The number of Topliss-reactive ketones (excluding diaryl/α,β-unsaturated/α-hetero) is 1. The minimum atomic E-state index is -0.654. The van der Waals surface area contributed by atoms with Gasteiger partial charge < -0.3 is 11.1 Å². The van der Waals surface area contributed by atoms with Crippen molar-refractivity contribution < 1.29 is 9.18 Å². The molecule has 0 amide bonds. The van der Waals surface area contributed by atoms with Crippen LogP contribution in [0.3, 0.4) is 0 Å². The molecule has 1 spiro atoms. The van der Waals surface area contributed by atoms with Crippen LogP contribution in [0, 0.1) is 33.9 Å². The zero-order chi connectivity index (χ0) is 19.4. The van der Waals surface area contributed by atoms with Crippen LogP contribution in [0.15, 0.2) is 46.3 Å². The Morgan fingerprint density at radius 2 is 1.78 bits per heavy atom. The summed E-state index contributed by atoms with van der Waals surface area (Å²) in [5.74, 6) is -0.221. The molecule has 138 valence electrons. The van der Waals surface area contributed by atoms with E-state index < -0.39 is 11.2 Å². The number of nitrogens with two attached hydrogens (primary N) is 1. The minimum absolute atomic E-state index is 0.0877. The molecule has 3 N–H and O–H groups in total. The summed E-state index contributed by atoms with van der Waals surface area (Å²) >= 11 is 1.20. The van der Waals surface area contributed by atoms with E-state index in [9.17, 15) is 19.7 Å². The molecule has 1 fully saturated rings. The second kappa shape index (κ2) is 7.85. The number of thioether (sulfide) groups is 1. The zero-order valence-corrected chi connectivity index (χ0v) is 15.5. The molecular weight excluding hydrogens is 363 g/mol. The molecule has 0 radical (unpaired) electrons. The highest BCUT2D eigenvalue weighted by Gasteiger charge is 2.45. The average molecular weight is 382 g/mol. The topological polar surface area (TPSA) is 103 Å². The first-order chi connectivity index (χ1) is 13.0. The Morgan fingerprint density at radius 3 is 2.37 bits per heavy atom. The second-order valence-corrected chi connectivity index (χ2v) is 7.69. The highest BCUT2D eigenvalue weighted by atomic mass is 32.2. The van der Waals surface area contributed by atoms with Gasteiger partial charge in [-0.05, 0) is 37.1 Å². The number of nitriles is 2. The first kappa shape index (κ1) is 19.0. The first-order valence-electron chi connectivity index (χ1n) is 8.75. The fourth-order valence-corrected chi connectivity index (χ4v) is 4.80. The van der Waals surface area contributed by atoms with E-state index in [1.807, 2.05) is 0 Å². The van der Waals surface area contributed by atoms with E-state index >= 15 is 0 Å². The highest BCUT2D eigenvalue weighted by molar-refractivity contribution is 8.03. The smallest absolute Gasteiger partial charge is 0.173 e. The number of hydrogen-bond donors (Lipinski definition) is 2. The number of ketones is 1. The van der Waals surface area contributed by atoms with Crippen molar-refractivity contribution in [2.75, 3.05) is 5.75 Å². The summed E-state index contributed by atoms with van der Waals surface area (Å²) in [5, 5.41) is 22.9. The van der Waals surface area contributed by atoms with Crippen molar-refractivity contribution in [2.45, 2.75) is 32.1 Å². The van der Waals surface area contributed by atoms with Crippen LogP contribution < -0.4 is 11.1 Å². The number of benzene rings is 1. The largest absolute Gasteiger partial charge is 0.384 e. The normalized spacial score (nSPS) is 18.6. The van der Waals surface area contributed by atoms with Crippen molar-refractivity contribution >= 4 is 17.5 Å². The molecule has 0 saturated heterocycles. The van der Waals surface area contributed by atoms with Gasteiger partial charge in [-0.2, -0.15) is 10.5 Å². The lowest BCUT2D eigenvalue weighted by Gasteiger charge is -2.40. The van der Waals surface area contributed by atoms with Gasteiger partial charge in [0.1, 0.15) is 11.6 Å². The van der Waals surface area contributed by atoms with Gasteiger partial charge >= 0.3 is 0 Å². The van der Waals surface area contributed by atoms with Crippen LogP contribution in [-0.4, -0.2) is 11.5 Å². The maximum Gasteiger partial charge on any atom is 0.173 e. The summed E-state index contributed by atoms with van der Waals surface area (Å²) < 4.78 is 13.0. The van der Waals surface area contributed by atoms with E-state index in [0.717, 1.165) is 19.3 Å². The quantitative estimate of drug-likeness (QED) is 0.769. The summed E-state index contributed by atoms with van der Waals surface area (Å²) in [5.41, 5.74) is 6.77. The van der Waals surface area contributed by atoms with E-state index in [0.29, 0.717) is 34.6 Å². The Kier molecular flexibility index (Phi) is 5.53. The van der Waals surface area contributed by atoms with Crippen molar-refractivity contribution in [3.63, 3.8) is 0 Å². The van der Waals surface area contributed by atoms with Crippen LogP contribution in [-0.2, 0) is 0 Å². The number of carbonyl (C=O) groups is 1. The third-order valence-corrected chi connectivity index (χ3v) is 6.15. The number of nitrogens with zero attached hydrogens (tertiary/aromatic N) is 2. The highest BCUT2D eigenvalue weighted by Crippen LogP contribution is 2.51. The van der Waals surface area contributed by atoms with E-state index in [4.69, 9.17) is 5.73 Å². The maximum atomic E-state index is 13.0. The fraction of sp³-hybridized carbons (Fsp3) is 0.350. The van der Waals surface area contributed by atoms with Crippen LogP contribution in [0.2, 0.25) is 0 Å². The summed E-state index contributed by atoms with van der Waals surface area (Å²) in [7, 11) is 0. The Hall–Kier alpha value is -2.77. The van der Waals surface area contributed by atoms with Crippen LogP contribution >= 0.6 is 11.8 Å². The molecular formula is C20H19FN4OS. The van der Waals surface area contributed by atoms with Crippen LogP contribution in [0.25, 0.3) is 0 Å². The van der Waals surface area contributed by atoms with Gasteiger partial charge in [-0.3, -0.25) is 4.79 Å². The van der Waals surface area contributed by atoms with Crippen molar-refractivity contribution in [2.24, 2.45) is 11.1 Å². The second-order valence-electron chi connectivity index (χ2n) is 6.70. The molecule has 1 aliphatic heterocycles. The van der Waals surface area contributed by atoms with E-state index in [-0.39, 0.29) is 17.4 Å². The third kappa shape index (κ3) is 3.56. The number of allylic oxidation sites excluding steroid dienone is 2. The van der Waals surface area contributed by atoms with E-state index in [2.05, 4.69) is 17.5 Å². The lowest BCUT2D eigenvalue weighted by Crippen LogP contribution is -2.39. The molecule has 0 bridgehead atoms. The Balaban J connectivity index is 1.87. The number of carbonyl (C=O) groups excluding carboxylic acids is 1. The lowest BCUT2D eigenvalue weighted by molar-refractivity contribution is 0.102. The number of dihydropyridines is 1. The summed E-state index contributed by atoms with van der Waals surface area (Å²) in [6, 6.07) is 9.83.